The van der Waals surface area contributed by atoms with Gasteiger partial charge >= 0.3 is 0 Å². The number of anilines is 1. The Labute approximate surface area is 95.4 Å². The molecular weight excluding hydrogens is 200 g/mol. The topological polar surface area (TPSA) is 42.7 Å². The zero-order valence-corrected chi connectivity index (χ0v) is 9.81. The number of aryl methyl sites for hydroxylation is 1. The number of pyridine rings is 1. The summed E-state index contributed by atoms with van der Waals surface area (Å²) in [6.45, 7) is 6.16. The summed E-state index contributed by atoms with van der Waals surface area (Å²) in [7, 11) is 0. The fourth-order valence-corrected chi connectivity index (χ4v) is 1.48. The van der Waals surface area contributed by atoms with E-state index in [1.54, 1.807) is 6.20 Å². The maximum absolute atomic E-state index is 4.28. The first-order chi connectivity index (χ1) is 7.66. The van der Waals surface area contributed by atoms with Gasteiger partial charge in [0.2, 0.25) is 5.95 Å². The SMILES string of the molecule is Cc1ccc(-n2ccnc2NC(C)C)cn1. The maximum Gasteiger partial charge on any atom is 0.207 e. The molecule has 0 atom stereocenters. The summed E-state index contributed by atoms with van der Waals surface area (Å²) in [6.07, 6.45) is 5.56. The summed E-state index contributed by atoms with van der Waals surface area (Å²) in [5, 5.41) is 3.29. The van der Waals surface area contributed by atoms with Crippen LogP contribution in [0.5, 0.6) is 0 Å². The second kappa shape index (κ2) is 4.35. The Balaban J connectivity index is 2.33. The van der Waals surface area contributed by atoms with Crippen LogP contribution in [0.1, 0.15) is 19.5 Å². The third-order valence-electron chi connectivity index (χ3n) is 2.23. The van der Waals surface area contributed by atoms with E-state index in [0.717, 1.165) is 17.3 Å². The van der Waals surface area contributed by atoms with Gasteiger partial charge in [-0.3, -0.25) is 9.55 Å². The average molecular weight is 216 g/mol. The van der Waals surface area contributed by atoms with E-state index in [1.165, 1.54) is 0 Å². The number of nitrogens with one attached hydrogen (secondary N) is 1. The molecule has 2 heterocycles. The largest absolute Gasteiger partial charge is 0.353 e. The second-order valence-electron chi connectivity index (χ2n) is 4.08. The van der Waals surface area contributed by atoms with Crippen molar-refractivity contribution in [2.45, 2.75) is 26.8 Å². The van der Waals surface area contributed by atoms with E-state index >= 15 is 0 Å². The maximum atomic E-state index is 4.28. The van der Waals surface area contributed by atoms with Crippen molar-refractivity contribution in [3.8, 4) is 5.69 Å². The number of hydrogen-bond acceptors (Lipinski definition) is 3. The van der Waals surface area contributed by atoms with Crippen molar-refractivity contribution in [3.63, 3.8) is 0 Å². The van der Waals surface area contributed by atoms with E-state index < -0.39 is 0 Å². The number of imidazole rings is 1. The minimum absolute atomic E-state index is 0.361. The lowest BCUT2D eigenvalue weighted by Crippen LogP contribution is -2.13. The van der Waals surface area contributed by atoms with E-state index in [1.807, 2.05) is 36.0 Å². The smallest absolute Gasteiger partial charge is 0.207 e. The molecule has 0 saturated heterocycles. The molecule has 16 heavy (non-hydrogen) atoms. The van der Waals surface area contributed by atoms with E-state index in [-0.39, 0.29) is 0 Å². The first-order valence-electron chi connectivity index (χ1n) is 5.40. The molecule has 0 fully saturated rings. The Morgan fingerprint density at radius 2 is 2.06 bits per heavy atom. The molecule has 0 aliphatic rings. The Kier molecular flexibility index (Phi) is 2.90. The van der Waals surface area contributed by atoms with Crippen molar-refractivity contribution < 1.29 is 0 Å². The molecule has 2 aromatic heterocycles. The normalized spacial score (nSPS) is 10.8. The third kappa shape index (κ3) is 2.21. The highest BCUT2D eigenvalue weighted by Gasteiger charge is 2.05. The zero-order chi connectivity index (χ0) is 11.5. The van der Waals surface area contributed by atoms with Crippen LogP contribution in [0.25, 0.3) is 5.69 Å². The van der Waals surface area contributed by atoms with E-state index in [2.05, 4.69) is 29.1 Å². The van der Waals surface area contributed by atoms with Crippen molar-refractivity contribution in [1.29, 1.82) is 0 Å². The van der Waals surface area contributed by atoms with Crippen molar-refractivity contribution in [2.24, 2.45) is 0 Å². The predicted molar refractivity (Wildman–Crippen MR) is 64.9 cm³/mol. The highest BCUT2D eigenvalue weighted by Crippen LogP contribution is 2.14. The first-order valence-corrected chi connectivity index (χ1v) is 5.40. The van der Waals surface area contributed by atoms with Crippen LogP contribution in [0.15, 0.2) is 30.7 Å². The predicted octanol–water partition coefficient (Wildman–Crippen LogP) is 2.40. The van der Waals surface area contributed by atoms with Gasteiger partial charge in [0.15, 0.2) is 0 Å². The summed E-state index contributed by atoms with van der Waals surface area (Å²) in [5.41, 5.74) is 2.04. The van der Waals surface area contributed by atoms with Gasteiger partial charge in [0.1, 0.15) is 0 Å². The quantitative estimate of drug-likeness (QED) is 0.856. The molecule has 0 bridgehead atoms. The van der Waals surface area contributed by atoms with Gasteiger partial charge in [-0.05, 0) is 32.9 Å². The van der Waals surface area contributed by atoms with Crippen LogP contribution >= 0.6 is 0 Å². The molecule has 4 heteroatoms. The molecule has 0 aliphatic carbocycles. The van der Waals surface area contributed by atoms with Crippen LogP contribution in [-0.4, -0.2) is 20.6 Å². The fourth-order valence-electron chi connectivity index (χ4n) is 1.48. The molecule has 84 valence electrons. The van der Waals surface area contributed by atoms with Gasteiger partial charge in [-0.1, -0.05) is 0 Å². The zero-order valence-electron chi connectivity index (χ0n) is 9.81. The minimum atomic E-state index is 0.361. The van der Waals surface area contributed by atoms with Gasteiger partial charge in [0, 0.05) is 24.1 Å². The van der Waals surface area contributed by atoms with Gasteiger partial charge in [-0.2, -0.15) is 0 Å². The van der Waals surface area contributed by atoms with Gasteiger partial charge in [-0.25, -0.2) is 4.98 Å². The Morgan fingerprint density at radius 3 is 2.69 bits per heavy atom. The second-order valence-corrected chi connectivity index (χ2v) is 4.08. The molecule has 1 N–H and O–H groups in total. The number of nitrogens with zero attached hydrogens (tertiary/aromatic N) is 3. The molecule has 0 saturated carbocycles. The van der Waals surface area contributed by atoms with Crippen LogP contribution in [0.4, 0.5) is 5.95 Å². The number of aromatic nitrogens is 3. The Bertz CT molecular complexity index is 456. The fraction of sp³-hybridized carbons (Fsp3) is 0.333. The van der Waals surface area contributed by atoms with Crippen LogP contribution < -0.4 is 5.32 Å². The lowest BCUT2D eigenvalue weighted by Gasteiger charge is -2.11. The molecule has 0 aliphatic heterocycles. The minimum Gasteiger partial charge on any atom is -0.353 e. The van der Waals surface area contributed by atoms with Crippen molar-refractivity contribution in [2.75, 3.05) is 5.32 Å². The number of rotatable bonds is 3. The van der Waals surface area contributed by atoms with E-state index in [0.29, 0.717) is 6.04 Å². The van der Waals surface area contributed by atoms with Crippen molar-refractivity contribution >= 4 is 5.95 Å². The van der Waals surface area contributed by atoms with Crippen LogP contribution in [0.3, 0.4) is 0 Å². The highest BCUT2D eigenvalue weighted by molar-refractivity contribution is 5.40. The van der Waals surface area contributed by atoms with Gasteiger partial charge in [0.25, 0.3) is 0 Å². The molecular formula is C12H16N4. The molecule has 0 unspecified atom stereocenters. The molecule has 2 aromatic rings. The summed E-state index contributed by atoms with van der Waals surface area (Å²) in [4.78, 5) is 8.56. The monoisotopic (exact) mass is 216 g/mol. The highest BCUT2D eigenvalue weighted by atomic mass is 15.2. The number of hydrogen-bond donors (Lipinski definition) is 1. The van der Waals surface area contributed by atoms with Crippen molar-refractivity contribution in [3.05, 3.63) is 36.4 Å². The van der Waals surface area contributed by atoms with Crippen molar-refractivity contribution in [1.82, 2.24) is 14.5 Å². The first kappa shape index (κ1) is 10.7. The van der Waals surface area contributed by atoms with E-state index in [9.17, 15) is 0 Å². The van der Waals surface area contributed by atoms with Gasteiger partial charge < -0.3 is 5.32 Å². The van der Waals surface area contributed by atoms with Crippen LogP contribution in [0.2, 0.25) is 0 Å². The summed E-state index contributed by atoms with van der Waals surface area (Å²) < 4.78 is 1.99. The molecule has 0 spiro atoms. The molecule has 0 radical (unpaired) electrons. The molecule has 0 amide bonds. The Morgan fingerprint density at radius 1 is 1.25 bits per heavy atom. The molecule has 4 nitrogen and oxygen atoms in total. The lowest BCUT2D eigenvalue weighted by atomic mass is 10.3. The summed E-state index contributed by atoms with van der Waals surface area (Å²) in [5.74, 6) is 0.848. The standard InChI is InChI=1S/C12H16N4/c1-9(2)15-12-13-6-7-16(12)11-5-4-10(3)14-8-11/h4-9H,1-3H3,(H,13,15). The van der Waals surface area contributed by atoms with E-state index in [4.69, 9.17) is 0 Å². The van der Waals surface area contributed by atoms with Crippen LogP contribution in [0, 0.1) is 6.92 Å². The summed E-state index contributed by atoms with van der Waals surface area (Å²) >= 11 is 0. The molecule has 0 aromatic carbocycles. The van der Waals surface area contributed by atoms with Gasteiger partial charge in [-0.15, -0.1) is 0 Å². The third-order valence-corrected chi connectivity index (χ3v) is 2.23. The lowest BCUT2D eigenvalue weighted by molar-refractivity contribution is 0.863. The Hall–Kier alpha value is -1.84. The molecule has 2 rings (SSSR count). The average Bonchev–Trinajstić information content (AvgIpc) is 2.66. The van der Waals surface area contributed by atoms with Gasteiger partial charge in [0.05, 0.1) is 11.9 Å². The summed E-state index contributed by atoms with van der Waals surface area (Å²) in [6, 6.07) is 4.39. The van der Waals surface area contributed by atoms with Crippen LogP contribution in [-0.2, 0) is 0 Å².